The van der Waals surface area contributed by atoms with E-state index >= 15 is 0 Å². The molecule has 1 heterocycles. The number of nitrogens with zero attached hydrogens (tertiary/aromatic N) is 1. The Hall–Kier alpha value is -0.0600. The molecule has 0 aromatic heterocycles. The molecule has 0 aliphatic carbocycles. The Morgan fingerprint density at radius 3 is 2.32 bits per heavy atom. The summed E-state index contributed by atoms with van der Waals surface area (Å²) in [6.07, 6.45) is 0.434. The number of hydrogen-bond acceptors (Lipinski definition) is 2. The van der Waals surface area contributed by atoms with Gasteiger partial charge in [-0.1, -0.05) is 29.3 Å². The summed E-state index contributed by atoms with van der Waals surface area (Å²) < 4.78 is 12.8. The summed E-state index contributed by atoms with van der Waals surface area (Å²) >= 11 is 12.5. The van der Waals surface area contributed by atoms with Crippen LogP contribution in [-0.4, -0.2) is 37.8 Å². The van der Waals surface area contributed by atoms with Gasteiger partial charge in [0, 0.05) is 47.8 Å². The van der Waals surface area contributed by atoms with Crippen molar-refractivity contribution >= 4 is 35.6 Å². The number of rotatable bonds is 4. The fourth-order valence-corrected chi connectivity index (χ4v) is 3.09. The molecule has 1 fully saturated rings. The zero-order valence-electron chi connectivity index (χ0n) is 10.5. The van der Waals surface area contributed by atoms with Crippen LogP contribution in [0.25, 0.3) is 0 Å². The van der Waals surface area contributed by atoms with Gasteiger partial charge in [-0.2, -0.15) is 0 Å². The van der Waals surface area contributed by atoms with Crippen molar-refractivity contribution in [1.29, 1.82) is 0 Å². The van der Waals surface area contributed by atoms with Gasteiger partial charge >= 0.3 is 0 Å². The molecule has 0 amide bonds. The smallest absolute Gasteiger partial charge is 0.0912 e. The molecular weight excluding hydrogens is 310 g/mol. The van der Waals surface area contributed by atoms with Crippen molar-refractivity contribution in [2.24, 2.45) is 0 Å². The Balaban J connectivity index is 0.00000180. The summed E-state index contributed by atoms with van der Waals surface area (Å²) in [6.45, 7) is 3.27. The molecule has 6 heteroatoms. The summed E-state index contributed by atoms with van der Waals surface area (Å²) in [5, 5.41) is 4.54. The molecule has 1 aliphatic rings. The molecule has 0 spiro atoms. The van der Waals surface area contributed by atoms with E-state index in [1.807, 2.05) is 18.2 Å². The SMILES string of the molecule is Cl.FCC[C@H](c1c(Cl)cccc1Cl)N1CCNCC1. The maximum Gasteiger partial charge on any atom is 0.0912 e. The number of benzene rings is 1. The number of alkyl halides is 1. The van der Waals surface area contributed by atoms with Crippen LogP contribution in [0.1, 0.15) is 18.0 Å². The van der Waals surface area contributed by atoms with E-state index < -0.39 is 0 Å². The minimum absolute atomic E-state index is 0. The van der Waals surface area contributed by atoms with Crippen LogP contribution in [0.5, 0.6) is 0 Å². The van der Waals surface area contributed by atoms with E-state index in [-0.39, 0.29) is 25.1 Å². The Labute approximate surface area is 129 Å². The Morgan fingerprint density at radius 2 is 1.79 bits per heavy atom. The zero-order valence-corrected chi connectivity index (χ0v) is 12.9. The van der Waals surface area contributed by atoms with Gasteiger partial charge in [0.1, 0.15) is 0 Å². The van der Waals surface area contributed by atoms with Crippen LogP contribution in [-0.2, 0) is 0 Å². The van der Waals surface area contributed by atoms with Crippen molar-refractivity contribution < 1.29 is 4.39 Å². The molecule has 0 unspecified atom stereocenters. The second-order valence-corrected chi connectivity index (χ2v) is 5.23. The predicted octanol–water partition coefficient (Wildman–Crippen LogP) is 3.72. The molecule has 0 bridgehead atoms. The Bertz CT molecular complexity index is 377. The highest BCUT2D eigenvalue weighted by atomic mass is 35.5. The predicted molar refractivity (Wildman–Crippen MR) is 81.5 cm³/mol. The standard InChI is InChI=1S/C13H17Cl2FN2.ClH/c14-10-2-1-3-11(15)13(10)12(4-5-16)18-8-6-17-7-9-18;/h1-3,12,17H,4-9H2;1H/t12-;/m1./s1. The van der Waals surface area contributed by atoms with Crippen molar-refractivity contribution in [3.05, 3.63) is 33.8 Å². The van der Waals surface area contributed by atoms with E-state index in [0.717, 1.165) is 31.7 Å². The largest absolute Gasteiger partial charge is 0.314 e. The van der Waals surface area contributed by atoms with Gasteiger partial charge in [0.05, 0.1) is 6.67 Å². The molecule has 108 valence electrons. The molecule has 1 N–H and O–H groups in total. The van der Waals surface area contributed by atoms with Gasteiger partial charge in [-0.15, -0.1) is 12.4 Å². The van der Waals surface area contributed by atoms with E-state index in [2.05, 4.69) is 10.2 Å². The first-order valence-electron chi connectivity index (χ1n) is 6.18. The number of hydrogen-bond donors (Lipinski definition) is 1. The zero-order chi connectivity index (χ0) is 13.0. The normalized spacial score (nSPS) is 17.8. The molecule has 0 radical (unpaired) electrons. The second-order valence-electron chi connectivity index (χ2n) is 4.41. The quantitative estimate of drug-likeness (QED) is 0.906. The third-order valence-corrected chi connectivity index (χ3v) is 3.97. The van der Waals surface area contributed by atoms with Gasteiger partial charge < -0.3 is 5.32 Å². The number of piperazine rings is 1. The molecule has 1 aliphatic heterocycles. The van der Waals surface area contributed by atoms with E-state index in [1.165, 1.54) is 0 Å². The monoisotopic (exact) mass is 326 g/mol. The summed E-state index contributed by atoms with van der Waals surface area (Å²) in [4.78, 5) is 2.25. The third kappa shape index (κ3) is 4.20. The van der Waals surface area contributed by atoms with Gasteiger partial charge in [0.2, 0.25) is 0 Å². The minimum Gasteiger partial charge on any atom is -0.314 e. The topological polar surface area (TPSA) is 15.3 Å². The lowest BCUT2D eigenvalue weighted by atomic mass is 10.0. The molecular formula is C13H18Cl3FN2. The van der Waals surface area contributed by atoms with Crippen LogP contribution in [0.3, 0.4) is 0 Å². The molecule has 2 nitrogen and oxygen atoms in total. The average molecular weight is 328 g/mol. The summed E-state index contributed by atoms with van der Waals surface area (Å²) in [5.74, 6) is 0. The summed E-state index contributed by atoms with van der Waals surface area (Å²) in [5.41, 5.74) is 0.861. The van der Waals surface area contributed by atoms with Gasteiger partial charge in [-0.25, -0.2) is 0 Å². The molecule has 1 aromatic carbocycles. The second kappa shape index (κ2) is 8.28. The highest BCUT2D eigenvalue weighted by Gasteiger charge is 2.25. The first-order valence-corrected chi connectivity index (χ1v) is 6.94. The highest BCUT2D eigenvalue weighted by Crippen LogP contribution is 2.35. The summed E-state index contributed by atoms with van der Waals surface area (Å²) in [6, 6.07) is 5.42. The van der Waals surface area contributed by atoms with Gasteiger partial charge in [-0.05, 0) is 18.6 Å². The summed E-state index contributed by atoms with van der Waals surface area (Å²) in [7, 11) is 0. The van der Waals surface area contributed by atoms with Crippen LogP contribution in [0.15, 0.2) is 18.2 Å². The first kappa shape index (κ1) is 17.0. The fourth-order valence-electron chi connectivity index (χ4n) is 2.44. The lowest BCUT2D eigenvalue weighted by Gasteiger charge is -2.35. The average Bonchev–Trinajstić information content (AvgIpc) is 2.38. The first-order chi connectivity index (χ1) is 8.74. The van der Waals surface area contributed by atoms with Crippen LogP contribution >= 0.6 is 35.6 Å². The molecule has 0 saturated carbocycles. The lowest BCUT2D eigenvalue weighted by Crippen LogP contribution is -2.45. The van der Waals surface area contributed by atoms with Crippen LogP contribution in [0.4, 0.5) is 4.39 Å². The van der Waals surface area contributed by atoms with Crippen molar-refractivity contribution in [3.8, 4) is 0 Å². The van der Waals surface area contributed by atoms with Crippen molar-refractivity contribution in [2.45, 2.75) is 12.5 Å². The van der Waals surface area contributed by atoms with Crippen molar-refractivity contribution in [3.63, 3.8) is 0 Å². The van der Waals surface area contributed by atoms with Gasteiger partial charge in [0.25, 0.3) is 0 Å². The van der Waals surface area contributed by atoms with E-state index in [0.29, 0.717) is 16.5 Å². The maximum absolute atomic E-state index is 12.8. The van der Waals surface area contributed by atoms with E-state index in [4.69, 9.17) is 23.2 Å². The Kier molecular flexibility index (Phi) is 7.40. The van der Waals surface area contributed by atoms with E-state index in [1.54, 1.807) is 0 Å². The van der Waals surface area contributed by atoms with Crippen molar-refractivity contribution in [1.82, 2.24) is 10.2 Å². The van der Waals surface area contributed by atoms with Crippen molar-refractivity contribution in [2.75, 3.05) is 32.9 Å². The highest BCUT2D eigenvalue weighted by molar-refractivity contribution is 6.36. The molecule has 19 heavy (non-hydrogen) atoms. The van der Waals surface area contributed by atoms with Crippen LogP contribution in [0.2, 0.25) is 10.0 Å². The number of nitrogens with one attached hydrogen (secondary N) is 1. The Morgan fingerprint density at radius 1 is 1.21 bits per heavy atom. The number of halogens is 4. The molecule has 1 saturated heterocycles. The maximum atomic E-state index is 12.8. The van der Waals surface area contributed by atoms with Gasteiger partial charge in [-0.3, -0.25) is 9.29 Å². The van der Waals surface area contributed by atoms with Crippen LogP contribution < -0.4 is 5.32 Å². The van der Waals surface area contributed by atoms with Gasteiger partial charge in [0.15, 0.2) is 0 Å². The van der Waals surface area contributed by atoms with Crippen LogP contribution in [0, 0.1) is 0 Å². The fraction of sp³-hybridized carbons (Fsp3) is 0.538. The molecule has 2 rings (SSSR count). The molecule has 1 atom stereocenters. The molecule has 1 aromatic rings. The minimum atomic E-state index is -0.365. The third-order valence-electron chi connectivity index (χ3n) is 3.31. The van der Waals surface area contributed by atoms with E-state index in [9.17, 15) is 4.39 Å². The lowest BCUT2D eigenvalue weighted by molar-refractivity contribution is 0.157.